The fourth-order valence-corrected chi connectivity index (χ4v) is 4.80. The maximum atomic E-state index is 12.6. The van der Waals surface area contributed by atoms with E-state index in [1.165, 1.54) is 24.0 Å². The van der Waals surface area contributed by atoms with Crippen LogP contribution in [0, 0.1) is 20.8 Å². The van der Waals surface area contributed by atoms with Crippen LogP contribution in [0.5, 0.6) is 5.75 Å². The Morgan fingerprint density at radius 3 is 2.44 bits per heavy atom. The summed E-state index contributed by atoms with van der Waals surface area (Å²) in [5.74, 6) is 0.195. The molecule has 0 aliphatic rings. The van der Waals surface area contributed by atoms with E-state index in [0.29, 0.717) is 23.6 Å². The van der Waals surface area contributed by atoms with Crippen LogP contribution in [0.2, 0.25) is 0 Å². The minimum absolute atomic E-state index is 0.164. The molecule has 0 saturated heterocycles. The van der Waals surface area contributed by atoms with E-state index < -0.39 is 5.97 Å². The van der Waals surface area contributed by atoms with Crippen LogP contribution in [0.3, 0.4) is 0 Å². The number of carbonyl (C=O) groups excluding carboxylic acids is 2. The Labute approximate surface area is 200 Å². The van der Waals surface area contributed by atoms with E-state index >= 15 is 0 Å². The lowest BCUT2D eigenvalue weighted by atomic mass is 10.0. The molecule has 0 saturated carbocycles. The van der Waals surface area contributed by atoms with Gasteiger partial charge in [0.2, 0.25) is 5.91 Å². The quantitative estimate of drug-likeness (QED) is 0.268. The molecule has 0 atom stereocenters. The molecular formula is C25H26BrNO4S. The average molecular weight is 516 g/mol. The number of anilines is 1. The molecule has 2 aromatic carbocycles. The van der Waals surface area contributed by atoms with E-state index in [1.807, 2.05) is 57.2 Å². The van der Waals surface area contributed by atoms with Crippen LogP contribution in [0.4, 0.5) is 5.00 Å². The number of halogens is 1. The van der Waals surface area contributed by atoms with Gasteiger partial charge in [-0.05, 0) is 56.5 Å². The van der Waals surface area contributed by atoms with Gasteiger partial charge in [0.15, 0.2) is 0 Å². The fraction of sp³-hybridized carbons (Fsp3) is 0.280. The van der Waals surface area contributed by atoms with Crippen molar-refractivity contribution in [2.45, 2.75) is 33.6 Å². The zero-order valence-corrected chi connectivity index (χ0v) is 21.0. The highest BCUT2D eigenvalue weighted by Gasteiger charge is 2.25. The normalized spacial score (nSPS) is 10.7. The first kappa shape index (κ1) is 24.0. The van der Waals surface area contributed by atoms with Crippen LogP contribution in [0.1, 0.15) is 39.2 Å². The molecule has 1 aromatic heterocycles. The molecule has 168 valence electrons. The van der Waals surface area contributed by atoms with Gasteiger partial charge in [0.25, 0.3) is 0 Å². The van der Waals surface area contributed by atoms with E-state index in [-0.39, 0.29) is 12.3 Å². The smallest absolute Gasteiger partial charge is 0.341 e. The maximum Gasteiger partial charge on any atom is 0.341 e. The molecule has 1 heterocycles. The summed E-state index contributed by atoms with van der Waals surface area (Å²) in [4.78, 5) is 26.1. The fourth-order valence-electron chi connectivity index (χ4n) is 3.46. The van der Waals surface area contributed by atoms with Gasteiger partial charge in [0.05, 0.1) is 13.7 Å². The van der Waals surface area contributed by atoms with E-state index in [0.717, 1.165) is 31.8 Å². The summed E-state index contributed by atoms with van der Waals surface area (Å²) >= 11 is 4.81. The van der Waals surface area contributed by atoms with Gasteiger partial charge in [-0.2, -0.15) is 0 Å². The van der Waals surface area contributed by atoms with Gasteiger partial charge in [-0.1, -0.05) is 45.8 Å². The van der Waals surface area contributed by atoms with Crippen molar-refractivity contribution in [3.05, 3.63) is 68.5 Å². The Kier molecular flexibility index (Phi) is 8.10. The third-order valence-corrected chi connectivity index (χ3v) is 6.55. The number of hydrogen-bond acceptors (Lipinski definition) is 5. The van der Waals surface area contributed by atoms with Crippen molar-refractivity contribution in [1.82, 2.24) is 0 Å². The van der Waals surface area contributed by atoms with Crippen molar-refractivity contribution in [1.29, 1.82) is 0 Å². The Morgan fingerprint density at radius 1 is 1.06 bits per heavy atom. The summed E-state index contributed by atoms with van der Waals surface area (Å²) < 4.78 is 11.8. The monoisotopic (exact) mass is 515 g/mol. The van der Waals surface area contributed by atoms with Crippen molar-refractivity contribution in [3.63, 3.8) is 0 Å². The molecule has 32 heavy (non-hydrogen) atoms. The number of methoxy groups -OCH3 is 1. The highest BCUT2D eigenvalue weighted by molar-refractivity contribution is 9.10. The first-order valence-corrected chi connectivity index (χ1v) is 11.9. The van der Waals surface area contributed by atoms with Gasteiger partial charge < -0.3 is 14.8 Å². The predicted octanol–water partition coefficient (Wildman–Crippen LogP) is 6.69. The van der Waals surface area contributed by atoms with E-state index in [4.69, 9.17) is 9.47 Å². The Bertz CT molecular complexity index is 1120. The van der Waals surface area contributed by atoms with Crippen molar-refractivity contribution in [3.8, 4) is 16.9 Å². The van der Waals surface area contributed by atoms with Gasteiger partial charge in [-0.3, -0.25) is 4.79 Å². The molecule has 0 bridgehead atoms. The number of esters is 1. The van der Waals surface area contributed by atoms with Crippen molar-refractivity contribution >= 4 is 44.1 Å². The molecule has 0 spiro atoms. The zero-order chi connectivity index (χ0) is 23.3. The van der Waals surface area contributed by atoms with Crippen molar-refractivity contribution in [2.75, 3.05) is 19.0 Å². The van der Waals surface area contributed by atoms with Crippen LogP contribution >= 0.6 is 27.3 Å². The SMILES string of the molecule is COC(=O)c1c(NC(=O)CCCOc2ccc(C)cc2C)sc(C)c1-c1ccc(Br)cc1. The maximum absolute atomic E-state index is 12.6. The molecule has 0 aliphatic heterocycles. The third kappa shape index (κ3) is 5.78. The number of nitrogens with one attached hydrogen (secondary N) is 1. The van der Waals surface area contributed by atoms with Gasteiger partial charge in [-0.25, -0.2) is 4.79 Å². The molecule has 1 N–H and O–H groups in total. The Balaban J connectivity index is 1.68. The largest absolute Gasteiger partial charge is 0.493 e. The minimum Gasteiger partial charge on any atom is -0.493 e. The lowest BCUT2D eigenvalue weighted by Gasteiger charge is -2.10. The second-order valence-corrected chi connectivity index (χ2v) is 9.65. The first-order chi connectivity index (χ1) is 15.3. The molecule has 3 aromatic rings. The van der Waals surface area contributed by atoms with E-state index in [1.54, 1.807) is 0 Å². The van der Waals surface area contributed by atoms with Crippen LogP contribution < -0.4 is 10.1 Å². The Morgan fingerprint density at radius 2 is 1.78 bits per heavy atom. The standard InChI is InChI=1S/C25H26BrNO4S/c1-15-7-12-20(16(2)14-15)31-13-5-6-21(28)27-24-23(25(29)30-4)22(17(3)32-24)18-8-10-19(26)11-9-18/h7-12,14H,5-6,13H2,1-4H3,(H,27,28). The number of benzene rings is 2. The Hall–Kier alpha value is -2.64. The molecule has 7 heteroatoms. The number of ether oxygens (including phenoxy) is 2. The lowest BCUT2D eigenvalue weighted by molar-refractivity contribution is -0.116. The van der Waals surface area contributed by atoms with Crippen LogP contribution in [0.15, 0.2) is 46.9 Å². The van der Waals surface area contributed by atoms with E-state index in [9.17, 15) is 9.59 Å². The molecule has 0 unspecified atom stereocenters. The molecule has 1 amide bonds. The van der Waals surface area contributed by atoms with Gasteiger partial charge >= 0.3 is 5.97 Å². The summed E-state index contributed by atoms with van der Waals surface area (Å²) in [7, 11) is 1.34. The van der Waals surface area contributed by atoms with Gasteiger partial charge in [0, 0.05) is 21.3 Å². The second kappa shape index (κ2) is 10.8. The van der Waals surface area contributed by atoms with Crippen LogP contribution in [-0.4, -0.2) is 25.6 Å². The molecule has 0 radical (unpaired) electrons. The van der Waals surface area contributed by atoms with Crippen molar-refractivity contribution < 1.29 is 19.1 Å². The summed E-state index contributed by atoms with van der Waals surface area (Å²) in [6.45, 7) is 6.42. The van der Waals surface area contributed by atoms with E-state index in [2.05, 4.69) is 27.3 Å². The van der Waals surface area contributed by atoms with Crippen molar-refractivity contribution in [2.24, 2.45) is 0 Å². The second-order valence-electron chi connectivity index (χ2n) is 7.50. The molecule has 0 aliphatic carbocycles. The third-order valence-electron chi connectivity index (χ3n) is 5.00. The van der Waals surface area contributed by atoms with Crippen LogP contribution in [0.25, 0.3) is 11.1 Å². The molecular weight excluding hydrogens is 490 g/mol. The number of carbonyl (C=O) groups is 2. The first-order valence-electron chi connectivity index (χ1n) is 10.3. The predicted molar refractivity (Wildman–Crippen MR) is 133 cm³/mol. The summed E-state index contributed by atoms with van der Waals surface area (Å²) in [5, 5.41) is 3.41. The number of rotatable bonds is 8. The lowest BCUT2D eigenvalue weighted by Crippen LogP contribution is -2.15. The minimum atomic E-state index is -0.472. The average Bonchev–Trinajstić information content (AvgIpc) is 3.08. The van der Waals surface area contributed by atoms with Gasteiger partial charge in [0.1, 0.15) is 16.3 Å². The number of amides is 1. The van der Waals surface area contributed by atoms with Crippen LogP contribution in [-0.2, 0) is 9.53 Å². The summed E-state index contributed by atoms with van der Waals surface area (Å²) in [5.41, 5.74) is 4.32. The summed E-state index contributed by atoms with van der Waals surface area (Å²) in [6.07, 6.45) is 0.854. The number of aryl methyl sites for hydroxylation is 3. The topological polar surface area (TPSA) is 64.6 Å². The van der Waals surface area contributed by atoms with Gasteiger partial charge in [-0.15, -0.1) is 11.3 Å². The molecule has 5 nitrogen and oxygen atoms in total. The summed E-state index contributed by atoms with van der Waals surface area (Å²) in [6, 6.07) is 13.7. The zero-order valence-electron chi connectivity index (χ0n) is 18.6. The highest BCUT2D eigenvalue weighted by Crippen LogP contribution is 2.40. The molecule has 3 rings (SSSR count). The number of hydrogen-bond donors (Lipinski definition) is 1. The number of thiophene rings is 1. The highest BCUT2D eigenvalue weighted by atomic mass is 79.9. The molecule has 0 fully saturated rings.